The number of nitrogens with two attached hydrogens (primary N) is 1. The van der Waals surface area contributed by atoms with Crippen LogP contribution in [0.5, 0.6) is 0 Å². The zero-order chi connectivity index (χ0) is 22.0. The van der Waals surface area contributed by atoms with Crippen molar-refractivity contribution in [1.82, 2.24) is 15.0 Å². The highest BCUT2D eigenvalue weighted by Gasteiger charge is 2.31. The molecule has 8 nitrogen and oxygen atoms in total. The number of primary amides is 1. The zero-order valence-corrected chi connectivity index (χ0v) is 17.9. The van der Waals surface area contributed by atoms with E-state index >= 15 is 0 Å². The maximum absolute atomic E-state index is 12.8. The summed E-state index contributed by atoms with van der Waals surface area (Å²) in [5, 5.41) is 4.65. The number of hydrogen-bond donors (Lipinski definition) is 1. The quantitative estimate of drug-likeness (QED) is 0.779. The minimum absolute atomic E-state index is 0.0360. The van der Waals surface area contributed by atoms with E-state index in [9.17, 15) is 14.4 Å². The Labute approximate surface area is 185 Å². The molecule has 2 saturated heterocycles. The molecule has 0 saturated carbocycles. The Morgan fingerprint density at radius 3 is 2.52 bits per heavy atom. The zero-order valence-electron chi connectivity index (χ0n) is 17.1. The van der Waals surface area contributed by atoms with Gasteiger partial charge in [0.2, 0.25) is 11.7 Å². The molecule has 3 amide bonds. The highest BCUT2D eigenvalue weighted by atomic mass is 35.5. The summed E-state index contributed by atoms with van der Waals surface area (Å²) in [7, 11) is 0. The maximum atomic E-state index is 12.8. The number of halogens is 1. The monoisotopic (exact) mass is 444 g/mol. The van der Waals surface area contributed by atoms with Gasteiger partial charge in [-0.3, -0.25) is 14.4 Å². The molecule has 2 fully saturated rings. The van der Waals surface area contributed by atoms with Crippen LogP contribution in [0.4, 0.5) is 0 Å². The van der Waals surface area contributed by atoms with Crippen LogP contribution >= 0.6 is 11.6 Å². The molecule has 3 heterocycles. The molecule has 1 aromatic heterocycles. The van der Waals surface area contributed by atoms with Gasteiger partial charge in [0.25, 0.3) is 11.8 Å². The first kappa shape index (κ1) is 21.4. The van der Waals surface area contributed by atoms with E-state index in [4.69, 9.17) is 21.9 Å². The van der Waals surface area contributed by atoms with Gasteiger partial charge in [0.15, 0.2) is 0 Å². The third-order valence-electron chi connectivity index (χ3n) is 6.12. The van der Waals surface area contributed by atoms with E-state index in [0.717, 1.165) is 25.0 Å². The van der Waals surface area contributed by atoms with Crippen molar-refractivity contribution in [3.8, 4) is 0 Å². The molecule has 0 aliphatic carbocycles. The molecule has 0 radical (unpaired) electrons. The van der Waals surface area contributed by atoms with Crippen LogP contribution in [0.25, 0.3) is 0 Å². The van der Waals surface area contributed by atoms with E-state index in [2.05, 4.69) is 5.16 Å². The predicted octanol–water partition coefficient (Wildman–Crippen LogP) is 2.69. The van der Waals surface area contributed by atoms with Crippen molar-refractivity contribution >= 4 is 29.3 Å². The summed E-state index contributed by atoms with van der Waals surface area (Å²) in [6, 6.07) is 8.64. The number of benzene rings is 1. The van der Waals surface area contributed by atoms with Crippen molar-refractivity contribution in [2.24, 2.45) is 11.7 Å². The van der Waals surface area contributed by atoms with Crippen molar-refractivity contribution < 1.29 is 18.9 Å². The van der Waals surface area contributed by atoms with E-state index in [-0.39, 0.29) is 35.3 Å². The second-order valence-corrected chi connectivity index (χ2v) is 8.62. The smallest absolute Gasteiger partial charge is 0.292 e. The number of hydrogen-bond acceptors (Lipinski definition) is 5. The molecule has 2 aliphatic rings. The van der Waals surface area contributed by atoms with E-state index < -0.39 is 0 Å². The van der Waals surface area contributed by atoms with Crippen LogP contribution in [0.2, 0.25) is 5.02 Å². The van der Waals surface area contributed by atoms with Gasteiger partial charge in [0.1, 0.15) is 0 Å². The van der Waals surface area contributed by atoms with Crippen LogP contribution in [0.15, 0.2) is 34.9 Å². The molecule has 0 spiro atoms. The number of aromatic nitrogens is 1. The fourth-order valence-corrected chi connectivity index (χ4v) is 4.50. The first-order valence-electron chi connectivity index (χ1n) is 10.5. The molecule has 2 aromatic rings. The minimum Gasteiger partial charge on any atom is -0.369 e. The molecule has 9 heteroatoms. The molecule has 0 unspecified atom stereocenters. The van der Waals surface area contributed by atoms with Gasteiger partial charge >= 0.3 is 0 Å². The van der Waals surface area contributed by atoms with E-state index in [0.29, 0.717) is 43.2 Å². The van der Waals surface area contributed by atoms with Crippen molar-refractivity contribution in [2.75, 3.05) is 26.2 Å². The second kappa shape index (κ2) is 9.09. The molecule has 2 N–H and O–H groups in total. The SMILES string of the molecule is NC(=O)[C@H]1CCCN(C(=O)c2cc(C3CCN(C(=O)c4cccc(Cl)c4)CC3)no2)C1. The van der Waals surface area contributed by atoms with Gasteiger partial charge in [-0.15, -0.1) is 0 Å². The third-order valence-corrected chi connectivity index (χ3v) is 6.36. The Morgan fingerprint density at radius 2 is 1.81 bits per heavy atom. The van der Waals surface area contributed by atoms with Crippen LogP contribution in [-0.4, -0.2) is 58.9 Å². The largest absolute Gasteiger partial charge is 0.369 e. The van der Waals surface area contributed by atoms with Crippen molar-refractivity contribution in [3.63, 3.8) is 0 Å². The lowest BCUT2D eigenvalue weighted by molar-refractivity contribution is -0.123. The van der Waals surface area contributed by atoms with Crippen LogP contribution < -0.4 is 5.73 Å². The van der Waals surface area contributed by atoms with Gasteiger partial charge in [-0.05, 0) is 43.9 Å². The molecule has 1 atom stereocenters. The Kier molecular flexibility index (Phi) is 6.27. The summed E-state index contributed by atoms with van der Waals surface area (Å²) in [6.45, 7) is 2.08. The number of piperidine rings is 2. The van der Waals surface area contributed by atoms with E-state index in [1.165, 1.54) is 0 Å². The predicted molar refractivity (Wildman–Crippen MR) is 114 cm³/mol. The van der Waals surface area contributed by atoms with Gasteiger partial charge in [0, 0.05) is 48.7 Å². The number of carbonyl (C=O) groups excluding carboxylic acids is 3. The molecule has 164 valence electrons. The highest BCUT2D eigenvalue weighted by molar-refractivity contribution is 6.30. The van der Waals surface area contributed by atoms with Gasteiger partial charge in [0.05, 0.1) is 11.6 Å². The van der Waals surface area contributed by atoms with Gasteiger partial charge < -0.3 is 20.1 Å². The van der Waals surface area contributed by atoms with Crippen LogP contribution in [0.3, 0.4) is 0 Å². The van der Waals surface area contributed by atoms with Crippen molar-refractivity contribution in [2.45, 2.75) is 31.6 Å². The number of amides is 3. The normalized spacial score (nSPS) is 20.0. The lowest BCUT2D eigenvalue weighted by Crippen LogP contribution is -2.44. The topological polar surface area (TPSA) is 110 Å². The van der Waals surface area contributed by atoms with Gasteiger partial charge in [-0.25, -0.2) is 0 Å². The van der Waals surface area contributed by atoms with Gasteiger partial charge in [-0.1, -0.05) is 22.8 Å². The van der Waals surface area contributed by atoms with Crippen LogP contribution in [0, 0.1) is 5.92 Å². The summed E-state index contributed by atoms with van der Waals surface area (Å²) in [5.41, 5.74) is 6.70. The first-order valence-corrected chi connectivity index (χ1v) is 10.9. The summed E-state index contributed by atoms with van der Waals surface area (Å²) >= 11 is 6.00. The summed E-state index contributed by atoms with van der Waals surface area (Å²) < 4.78 is 5.33. The Bertz CT molecular complexity index is 983. The fourth-order valence-electron chi connectivity index (χ4n) is 4.31. The maximum Gasteiger partial charge on any atom is 0.292 e. The van der Waals surface area contributed by atoms with Crippen molar-refractivity contribution in [1.29, 1.82) is 0 Å². The Balaban J connectivity index is 1.35. The number of nitrogens with zero attached hydrogens (tertiary/aromatic N) is 3. The highest BCUT2D eigenvalue weighted by Crippen LogP contribution is 2.29. The summed E-state index contributed by atoms with van der Waals surface area (Å²) in [4.78, 5) is 40.3. The number of rotatable bonds is 4. The second-order valence-electron chi connectivity index (χ2n) is 8.19. The van der Waals surface area contributed by atoms with Gasteiger partial charge in [-0.2, -0.15) is 0 Å². The summed E-state index contributed by atoms with van der Waals surface area (Å²) in [6.07, 6.45) is 2.91. The summed E-state index contributed by atoms with van der Waals surface area (Å²) in [5.74, 6) is -0.702. The average molecular weight is 445 g/mol. The number of likely N-dealkylation sites (tertiary alicyclic amines) is 2. The average Bonchev–Trinajstić information content (AvgIpc) is 3.28. The molecule has 0 bridgehead atoms. The minimum atomic E-state index is -0.380. The molecule has 1 aromatic carbocycles. The fraction of sp³-hybridized carbons (Fsp3) is 0.455. The van der Waals surface area contributed by atoms with Crippen LogP contribution in [0.1, 0.15) is 58.2 Å². The Morgan fingerprint density at radius 1 is 1.03 bits per heavy atom. The molecular weight excluding hydrogens is 420 g/mol. The lowest BCUT2D eigenvalue weighted by atomic mass is 9.93. The standard InChI is InChI=1S/C22H25ClN4O4/c23-17-5-1-3-15(11-17)21(29)26-9-6-14(7-10-26)18-12-19(31-25-18)22(30)27-8-2-4-16(13-27)20(24)28/h1,3,5,11-12,14,16H,2,4,6-10,13H2,(H2,24,28)/t16-/m0/s1. The molecular formula is C22H25ClN4O4. The molecule has 31 heavy (non-hydrogen) atoms. The lowest BCUT2D eigenvalue weighted by Gasteiger charge is -2.31. The van der Waals surface area contributed by atoms with E-state index in [1.807, 2.05) is 4.90 Å². The van der Waals surface area contributed by atoms with Crippen LogP contribution in [-0.2, 0) is 4.79 Å². The number of carbonyl (C=O) groups is 3. The first-order chi connectivity index (χ1) is 14.9. The molecule has 2 aliphatic heterocycles. The van der Waals surface area contributed by atoms with E-state index in [1.54, 1.807) is 35.2 Å². The Hall–Kier alpha value is -2.87. The van der Waals surface area contributed by atoms with Crippen molar-refractivity contribution in [3.05, 3.63) is 52.4 Å². The molecule has 4 rings (SSSR count). The third kappa shape index (κ3) is 4.74.